The highest BCUT2D eigenvalue weighted by Crippen LogP contribution is 2.27. The molecule has 1 amide bonds. The topological polar surface area (TPSA) is 64.3 Å². The maximum Gasteiger partial charge on any atom is 0.258 e. The Kier molecular flexibility index (Phi) is 6.52. The average molecular weight is 278 g/mol. The highest BCUT2D eigenvalue weighted by Gasteiger charge is 2.18. The first-order chi connectivity index (χ1) is 9.49. The number of nitrogens with one attached hydrogen (secondary N) is 1. The van der Waals surface area contributed by atoms with Gasteiger partial charge in [-0.3, -0.25) is 4.79 Å². The average Bonchev–Trinajstić information content (AvgIpc) is 2.41. The molecule has 0 saturated heterocycles. The molecule has 112 valence electrons. The monoisotopic (exact) mass is 278 g/mol. The van der Waals surface area contributed by atoms with Gasteiger partial charge in [-0.1, -0.05) is 26.0 Å². The lowest BCUT2D eigenvalue weighted by atomic mass is 10.0. The van der Waals surface area contributed by atoms with Crippen molar-refractivity contribution in [1.29, 1.82) is 0 Å². The molecule has 3 N–H and O–H groups in total. The zero-order valence-electron chi connectivity index (χ0n) is 12.9. The number of hydrogen-bond acceptors (Lipinski definition) is 3. The Morgan fingerprint density at radius 3 is 2.65 bits per heavy atom. The second kappa shape index (κ2) is 7.90. The van der Waals surface area contributed by atoms with Gasteiger partial charge in [0.2, 0.25) is 0 Å². The van der Waals surface area contributed by atoms with Crippen molar-refractivity contribution in [1.82, 2.24) is 5.32 Å². The van der Waals surface area contributed by atoms with E-state index in [2.05, 4.69) is 25.2 Å². The van der Waals surface area contributed by atoms with Crippen LogP contribution in [0.2, 0.25) is 0 Å². The van der Waals surface area contributed by atoms with Crippen LogP contribution in [0, 0.1) is 6.92 Å². The molecule has 2 atom stereocenters. The second-order valence-electron chi connectivity index (χ2n) is 5.13. The number of ether oxygens (including phenoxy) is 1. The normalized spacial score (nSPS) is 13.8. The molecule has 0 radical (unpaired) electrons. The number of nitrogens with two attached hydrogens (primary N) is 1. The van der Waals surface area contributed by atoms with E-state index in [-0.39, 0.29) is 6.04 Å². The molecule has 0 aliphatic carbocycles. The molecule has 20 heavy (non-hydrogen) atoms. The van der Waals surface area contributed by atoms with Crippen molar-refractivity contribution >= 4 is 5.91 Å². The molecule has 1 aromatic carbocycles. The largest absolute Gasteiger partial charge is 0.480 e. The van der Waals surface area contributed by atoms with Crippen LogP contribution in [-0.2, 0) is 4.79 Å². The van der Waals surface area contributed by atoms with Gasteiger partial charge in [-0.25, -0.2) is 0 Å². The Bertz CT molecular complexity index is 446. The number of benzene rings is 1. The fourth-order valence-electron chi connectivity index (χ4n) is 2.07. The van der Waals surface area contributed by atoms with Gasteiger partial charge < -0.3 is 15.8 Å². The number of carbonyl (C=O) groups is 1. The lowest BCUT2D eigenvalue weighted by Gasteiger charge is -2.21. The predicted octanol–water partition coefficient (Wildman–Crippen LogP) is 2.70. The molecule has 0 heterocycles. The van der Waals surface area contributed by atoms with Crippen LogP contribution in [0.5, 0.6) is 5.75 Å². The Morgan fingerprint density at radius 2 is 2.10 bits per heavy atom. The van der Waals surface area contributed by atoms with E-state index in [0.29, 0.717) is 6.42 Å². The Hall–Kier alpha value is -1.55. The van der Waals surface area contributed by atoms with Crippen LogP contribution in [0.15, 0.2) is 18.2 Å². The van der Waals surface area contributed by atoms with Crippen molar-refractivity contribution in [3.05, 3.63) is 29.3 Å². The molecule has 0 aromatic heterocycles. The summed E-state index contributed by atoms with van der Waals surface area (Å²) in [7, 11) is 0. The van der Waals surface area contributed by atoms with Crippen LogP contribution in [0.1, 0.15) is 50.8 Å². The number of aryl methyl sites for hydroxylation is 1. The van der Waals surface area contributed by atoms with Gasteiger partial charge in [0.1, 0.15) is 5.75 Å². The molecule has 2 unspecified atom stereocenters. The first kappa shape index (κ1) is 16.5. The number of rotatable bonds is 8. The predicted molar refractivity (Wildman–Crippen MR) is 81.8 cm³/mol. The van der Waals surface area contributed by atoms with Crippen molar-refractivity contribution in [2.75, 3.05) is 6.54 Å². The maximum absolute atomic E-state index is 11.4. The van der Waals surface area contributed by atoms with Crippen LogP contribution in [0.3, 0.4) is 0 Å². The van der Waals surface area contributed by atoms with Crippen LogP contribution in [0.4, 0.5) is 0 Å². The maximum atomic E-state index is 11.4. The van der Waals surface area contributed by atoms with Gasteiger partial charge >= 0.3 is 0 Å². The summed E-state index contributed by atoms with van der Waals surface area (Å²) in [4.78, 5) is 11.4. The van der Waals surface area contributed by atoms with E-state index < -0.39 is 12.0 Å². The number of primary amides is 1. The van der Waals surface area contributed by atoms with Crippen molar-refractivity contribution < 1.29 is 9.53 Å². The molecule has 0 spiro atoms. The van der Waals surface area contributed by atoms with Gasteiger partial charge in [0.25, 0.3) is 5.91 Å². The van der Waals surface area contributed by atoms with Gasteiger partial charge in [-0.05, 0) is 44.9 Å². The number of carbonyl (C=O) groups excluding carboxylic acids is 1. The summed E-state index contributed by atoms with van der Waals surface area (Å²) in [5, 5.41) is 3.43. The SMILES string of the molecule is CCCNC(C)c1ccc(C)cc1OC(CC)C(N)=O. The third-order valence-corrected chi connectivity index (χ3v) is 3.29. The molecule has 4 heteroatoms. The molecule has 0 saturated carbocycles. The third-order valence-electron chi connectivity index (χ3n) is 3.29. The van der Waals surface area contributed by atoms with Crippen LogP contribution in [-0.4, -0.2) is 18.6 Å². The first-order valence-electron chi connectivity index (χ1n) is 7.29. The lowest BCUT2D eigenvalue weighted by Crippen LogP contribution is -2.33. The zero-order valence-corrected chi connectivity index (χ0v) is 12.9. The summed E-state index contributed by atoms with van der Waals surface area (Å²) >= 11 is 0. The zero-order chi connectivity index (χ0) is 15.1. The Balaban J connectivity index is 2.97. The molecule has 0 aliphatic rings. The highest BCUT2D eigenvalue weighted by molar-refractivity contribution is 5.79. The fraction of sp³-hybridized carbons (Fsp3) is 0.562. The van der Waals surface area contributed by atoms with Crippen LogP contribution >= 0.6 is 0 Å². The van der Waals surface area contributed by atoms with E-state index in [1.54, 1.807) is 0 Å². The highest BCUT2D eigenvalue weighted by atomic mass is 16.5. The quantitative estimate of drug-likeness (QED) is 0.768. The van der Waals surface area contributed by atoms with E-state index in [1.807, 2.05) is 26.0 Å². The molecule has 0 fully saturated rings. The summed E-state index contributed by atoms with van der Waals surface area (Å²) < 4.78 is 5.82. The van der Waals surface area contributed by atoms with Gasteiger partial charge in [0, 0.05) is 11.6 Å². The standard InChI is InChI=1S/C16H26N2O2/c1-5-9-18-12(4)13-8-7-11(3)10-15(13)20-14(6-2)16(17)19/h7-8,10,12,14,18H,5-6,9H2,1-4H3,(H2,17,19). The summed E-state index contributed by atoms with van der Waals surface area (Å²) in [5.74, 6) is 0.320. The minimum Gasteiger partial charge on any atom is -0.480 e. The van der Waals surface area contributed by atoms with Gasteiger partial charge in [0.05, 0.1) is 0 Å². The van der Waals surface area contributed by atoms with Gasteiger partial charge in [-0.2, -0.15) is 0 Å². The van der Waals surface area contributed by atoms with E-state index in [0.717, 1.165) is 29.8 Å². The van der Waals surface area contributed by atoms with Crippen molar-refractivity contribution in [3.8, 4) is 5.75 Å². The van der Waals surface area contributed by atoms with Gasteiger partial charge in [-0.15, -0.1) is 0 Å². The second-order valence-corrected chi connectivity index (χ2v) is 5.13. The first-order valence-corrected chi connectivity index (χ1v) is 7.29. The number of hydrogen-bond donors (Lipinski definition) is 2. The molecular weight excluding hydrogens is 252 g/mol. The van der Waals surface area contributed by atoms with Crippen LogP contribution < -0.4 is 15.8 Å². The molecule has 1 rings (SSSR count). The van der Waals surface area contributed by atoms with E-state index >= 15 is 0 Å². The minimum absolute atomic E-state index is 0.177. The number of amides is 1. The fourth-order valence-corrected chi connectivity index (χ4v) is 2.07. The summed E-state index contributed by atoms with van der Waals surface area (Å²) in [6, 6.07) is 6.24. The molecule has 4 nitrogen and oxygen atoms in total. The Labute approximate surface area is 121 Å². The van der Waals surface area contributed by atoms with E-state index in [9.17, 15) is 4.79 Å². The van der Waals surface area contributed by atoms with Crippen molar-refractivity contribution in [2.45, 2.75) is 52.7 Å². The van der Waals surface area contributed by atoms with Gasteiger partial charge in [0.15, 0.2) is 6.10 Å². The summed E-state index contributed by atoms with van der Waals surface area (Å²) in [6.07, 6.45) is 1.07. The smallest absolute Gasteiger partial charge is 0.258 e. The molecule has 0 bridgehead atoms. The lowest BCUT2D eigenvalue weighted by molar-refractivity contribution is -0.124. The van der Waals surface area contributed by atoms with Crippen LogP contribution in [0.25, 0.3) is 0 Å². The Morgan fingerprint density at radius 1 is 1.40 bits per heavy atom. The van der Waals surface area contributed by atoms with E-state index in [4.69, 9.17) is 10.5 Å². The van der Waals surface area contributed by atoms with Crippen molar-refractivity contribution in [3.63, 3.8) is 0 Å². The minimum atomic E-state index is -0.575. The molecule has 0 aliphatic heterocycles. The third kappa shape index (κ3) is 4.53. The van der Waals surface area contributed by atoms with E-state index in [1.165, 1.54) is 0 Å². The summed E-state index contributed by atoms with van der Waals surface area (Å²) in [5.41, 5.74) is 7.52. The van der Waals surface area contributed by atoms with Crippen molar-refractivity contribution in [2.24, 2.45) is 5.73 Å². The molecular formula is C16H26N2O2. The summed E-state index contributed by atoms with van der Waals surface area (Å²) in [6.45, 7) is 9.07. The molecule has 1 aromatic rings.